The molecule has 0 amide bonds. The van der Waals surface area contributed by atoms with Crippen molar-refractivity contribution in [3.05, 3.63) is 56.3 Å². The molecule has 0 aliphatic rings. The molecular formula is C11H7BrClN3O4S. The lowest BCUT2D eigenvalue weighted by Gasteiger charge is -2.09. The van der Waals surface area contributed by atoms with Gasteiger partial charge >= 0.3 is 0 Å². The van der Waals surface area contributed by atoms with Crippen molar-refractivity contribution >= 4 is 48.9 Å². The fraction of sp³-hybridized carbons (Fsp3) is 0. The zero-order valence-electron chi connectivity index (χ0n) is 10.2. The Morgan fingerprint density at radius 2 is 2.05 bits per heavy atom. The van der Waals surface area contributed by atoms with E-state index in [0.29, 0.717) is 4.47 Å². The van der Waals surface area contributed by atoms with Crippen molar-refractivity contribution in [2.24, 2.45) is 0 Å². The first-order valence-corrected chi connectivity index (χ1v) is 8.03. The smallest absolute Gasteiger partial charge is 0.276 e. The number of aromatic nitrogens is 1. The van der Waals surface area contributed by atoms with Crippen molar-refractivity contribution in [3.63, 3.8) is 0 Å². The number of rotatable bonds is 4. The first-order chi connectivity index (χ1) is 9.81. The molecule has 0 spiro atoms. The van der Waals surface area contributed by atoms with E-state index in [4.69, 9.17) is 11.6 Å². The number of nitro benzene ring substituents is 1. The van der Waals surface area contributed by atoms with Crippen LogP contribution in [0.4, 0.5) is 11.4 Å². The number of nitro groups is 1. The lowest BCUT2D eigenvalue weighted by molar-refractivity contribution is -0.387. The van der Waals surface area contributed by atoms with Gasteiger partial charge in [0.15, 0.2) is 4.90 Å². The summed E-state index contributed by atoms with van der Waals surface area (Å²) in [6.07, 6.45) is 2.60. The average molecular weight is 393 g/mol. The van der Waals surface area contributed by atoms with Gasteiger partial charge in [0, 0.05) is 16.7 Å². The molecule has 0 bridgehead atoms. The van der Waals surface area contributed by atoms with Crippen LogP contribution < -0.4 is 4.72 Å². The molecule has 1 aromatic carbocycles. The Bertz CT molecular complexity index is 813. The van der Waals surface area contributed by atoms with Crippen LogP contribution in [0.15, 0.2) is 46.0 Å². The van der Waals surface area contributed by atoms with E-state index in [0.717, 1.165) is 12.1 Å². The highest BCUT2D eigenvalue weighted by Crippen LogP contribution is 2.30. The minimum atomic E-state index is -4.18. The predicted octanol–water partition coefficient (Wildman–Crippen LogP) is 3.21. The Morgan fingerprint density at radius 1 is 1.33 bits per heavy atom. The molecule has 2 rings (SSSR count). The monoisotopic (exact) mass is 391 g/mol. The zero-order chi connectivity index (χ0) is 15.6. The lowest BCUT2D eigenvalue weighted by Crippen LogP contribution is -2.15. The van der Waals surface area contributed by atoms with Crippen LogP contribution in [0, 0.1) is 10.1 Å². The van der Waals surface area contributed by atoms with E-state index in [1.165, 1.54) is 24.5 Å². The number of nitrogens with zero attached hydrogens (tertiary/aromatic N) is 2. The molecule has 0 saturated heterocycles. The zero-order valence-corrected chi connectivity index (χ0v) is 13.3. The number of benzene rings is 1. The number of nitrogens with one attached hydrogen (secondary N) is 1. The Hall–Kier alpha value is -1.71. The molecule has 0 saturated carbocycles. The molecule has 1 N–H and O–H groups in total. The largest absolute Gasteiger partial charge is 0.289 e. The standard InChI is InChI=1S/C11H7BrClN3O4S/c12-7-1-2-10(16(17)18)11(5-7)21(19,20)15-9-6-14-4-3-8(9)13/h1-6,15H. The van der Waals surface area contributed by atoms with Crippen LogP contribution in [0.3, 0.4) is 0 Å². The van der Waals surface area contributed by atoms with Crippen LogP contribution in [0.1, 0.15) is 0 Å². The van der Waals surface area contributed by atoms with Gasteiger partial charge in [0.2, 0.25) is 0 Å². The van der Waals surface area contributed by atoms with Gasteiger partial charge in [-0.1, -0.05) is 27.5 Å². The summed E-state index contributed by atoms with van der Waals surface area (Å²) in [6.45, 7) is 0. The van der Waals surface area contributed by atoms with E-state index in [2.05, 4.69) is 25.6 Å². The highest BCUT2D eigenvalue weighted by molar-refractivity contribution is 9.10. The fourth-order valence-corrected chi connectivity index (χ4v) is 3.49. The van der Waals surface area contributed by atoms with Gasteiger partial charge in [-0.25, -0.2) is 8.42 Å². The molecule has 2 aromatic rings. The third-order valence-electron chi connectivity index (χ3n) is 2.42. The molecule has 0 atom stereocenters. The first-order valence-electron chi connectivity index (χ1n) is 5.37. The van der Waals surface area contributed by atoms with Crippen LogP contribution in [0.25, 0.3) is 0 Å². The van der Waals surface area contributed by atoms with Crippen molar-refractivity contribution < 1.29 is 13.3 Å². The van der Waals surface area contributed by atoms with Crippen molar-refractivity contribution in [2.45, 2.75) is 4.90 Å². The molecule has 7 nitrogen and oxygen atoms in total. The number of sulfonamides is 1. The van der Waals surface area contributed by atoms with E-state index < -0.39 is 25.5 Å². The molecule has 1 aromatic heterocycles. The first kappa shape index (κ1) is 15.7. The second kappa shape index (κ2) is 5.96. The number of hydrogen-bond acceptors (Lipinski definition) is 5. The minimum Gasteiger partial charge on any atom is -0.276 e. The summed E-state index contributed by atoms with van der Waals surface area (Å²) >= 11 is 8.93. The summed E-state index contributed by atoms with van der Waals surface area (Å²) in [5.74, 6) is 0. The average Bonchev–Trinajstić information content (AvgIpc) is 2.41. The van der Waals surface area contributed by atoms with Crippen LogP contribution in [0.5, 0.6) is 0 Å². The quantitative estimate of drug-likeness (QED) is 0.636. The number of pyridine rings is 1. The third kappa shape index (κ3) is 3.49. The van der Waals surface area contributed by atoms with Gasteiger partial charge < -0.3 is 0 Å². The highest BCUT2D eigenvalue weighted by Gasteiger charge is 2.26. The van der Waals surface area contributed by atoms with Gasteiger partial charge in [-0.2, -0.15) is 0 Å². The van der Waals surface area contributed by atoms with Gasteiger partial charge in [-0.15, -0.1) is 0 Å². The van der Waals surface area contributed by atoms with Crippen molar-refractivity contribution in [3.8, 4) is 0 Å². The van der Waals surface area contributed by atoms with E-state index in [9.17, 15) is 18.5 Å². The summed E-state index contributed by atoms with van der Waals surface area (Å²) < 4.78 is 27.2. The molecule has 0 aliphatic heterocycles. The highest BCUT2D eigenvalue weighted by atomic mass is 79.9. The Balaban J connectivity index is 2.52. The van der Waals surface area contributed by atoms with Crippen molar-refractivity contribution in [2.75, 3.05) is 4.72 Å². The summed E-state index contributed by atoms with van der Waals surface area (Å²) in [5.41, 5.74) is -0.501. The number of anilines is 1. The molecule has 0 unspecified atom stereocenters. The molecule has 0 fully saturated rings. The maximum Gasteiger partial charge on any atom is 0.289 e. The SMILES string of the molecule is O=[N+]([O-])c1ccc(Br)cc1S(=O)(=O)Nc1cnccc1Cl. The van der Waals surface area contributed by atoms with E-state index in [1.54, 1.807) is 0 Å². The fourth-order valence-electron chi connectivity index (χ4n) is 1.51. The van der Waals surface area contributed by atoms with E-state index in [1.807, 2.05) is 0 Å². The normalized spacial score (nSPS) is 11.1. The predicted molar refractivity (Wildman–Crippen MR) is 80.9 cm³/mol. The summed E-state index contributed by atoms with van der Waals surface area (Å²) in [6, 6.07) is 5.02. The van der Waals surface area contributed by atoms with Gasteiger partial charge in [-0.05, 0) is 18.2 Å². The molecule has 110 valence electrons. The van der Waals surface area contributed by atoms with E-state index in [-0.39, 0.29) is 10.7 Å². The van der Waals surface area contributed by atoms with Gasteiger partial charge in [-0.3, -0.25) is 19.8 Å². The van der Waals surface area contributed by atoms with Crippen LogP contribution in [0.2, 0.25) is 5.02 Å². The molecule has 1 heterocycles. The third-order valence-corrected chi connectivity index (χ3v) is 4.64. The number of hydrogen-bond donors (Lipinski definition) is 1. The van der Waals surface area contributed by atoms with Gasteiger partial charge in [0.05, 0.1) is 21.8 Å². The second-order valence-corrected chi connectivity index (χ2v) is 6.80. The lowest BCUT2D eigenvalue weighted by atomic mass is 10.3. The molecule has 21 heavy (non-hydrogen) atoms. The van der Waals surface area contributed by atoms with Crippen LogP contribution >= 0.6 is 27.5 Å². The molecular weight excluding hydrogens is 386 g/mol. The summed E-state index contributed by atoms with van der Waals surface area (Å²) in [7, 11) is -4.18. The van der Waals surface area contributed by atoms with Crippen molar-refractivity contribution in [1.29, 1.82) is 0 Å². The van der Waals surface area contributed by atoms with Crippen molar-refractivity contribution in [1.82, 2.24) is 4.98 Å². The van der Waals surface area contributed by atoms with Crippen LogP contribution in [-0.2, 0) is 10.0 Å². The molecule has 10 heteroatoms. The maximum atomic E-state index is 12.3. The molecule has 0 aliphatic carbocycles. The number of halogens is 2. The summed E-state index contributed by atoms with van der Waals surface area (Å²) in [4.78, 5) is 13.5. The maximum absolute atomic E-state index is 12.3. The topological polar surface area (TPSA) is 102 Å². The Morgan fingerprint density at radius 3 is 2.67 bits per heavy atom. The van der Waals surface area contributed by atoms with Gasteiger partial charge in [0.1, 0.15) is 0 Å². The van der Waals surface area contributed by atoms with Gasteiger partial charge in [0.25, 0.3) is 15.7 Å². The Labute approximate surface area is 133 Å². The second-order valence-electron chi connectivity index (χ2n) is 3.83. The molecule has 0 radical (unpaired) electrons. The Kier molecular flexibility index (Phi) is 4.45. The summed E-state index contributed by atoms with van der Waals surface area (Å²) in [5, 5.41) is 11.1. The minimum absolute atomic E-state index is 0.0356. The van der Waals surface area contributed by atoms with E-state index >= 15 is 0 Å². The van der Waals surface area contributed by atoms with Crippen LogP contribution in [-0.4, -0.2) is 18.3 Å².